The van der Waals surface area contributed by atoms with Gasteiger partial charge in [0.1, 0.15) is 0 Å². The molecule has 2 aromatic carbocycles. The van der Waals surface area contributed by atoms with Gasteiger partial charge in [-0.25, -0.2) is 0 Å². The fourth-order valence-corrected chi connectivity index (χ4v) is 2.42. The van der Waals surface area contributed by atoms with Gasteiger partial charge in [-0.3, -0.25) is 0 Å². The molecule has 0 aliphatic carbocycles. The Labute approximate surface area is 111 Å². The van der Waals surface area contributed by atoms with E-state index in [1.54, 1.807) is 0 Å². The minimum absolute atomic E-state index is 0.295. The molecule has 1 saturated heterocycles. The SMILES string of the molecule is Clc1cccc(-c2cccc([C@H]3CCON3)c2)c1. The van der Waals surface area contributed by atoms with E-state index >= 15 is 0 Å². The highest BCUT2D eigenvalue weighted by atomic mass is 35.5. The van der Waals surface area contributed by atoms with Crippen molar-refractivity contribution in [3.05, 3.63) is 59.1 Å². The summed E-state index contributed by atoms with van der Waals surface area (Å²) in [7, 11) is 0. The third kappa shape index (κ3) is 2.41. The highest BCUT2D eigenvalue weighted by molar-refractivity contribution is 6.30. The lowest BCUT2D eigenvalue weighted by Gasteiger charge is -2.11. The normalized spacial score (nSPS) is 19.1. The van der Waals surface area contributed by atoms with Crippen LogP contribution in [0.3, 0.4) is 0 Å². The zero-order valence-corrected chi connectivity index (χ0v) is 10.7. The number of hydroxylamine groups is 1. The summed E-state index contributed by atoms with van der Waals surface area (Å²) in [4.78, 5) is 5.21. The van der Waals surface area contributed by atoms with Gasteiger partial charge in [-0.05, 0) is 41.3 Å². The molecule has 1 heterocycles. The standard InChI is InChI=1S/C15H14ClNO/c16-14-6-2-4-12(10-14)11-3-1-5-13(9-11)15-7-8-18-17-15/h1-6,9-10,15,17H,7-8H2/t15-/m1/s1. The Bertz CT molecular complexity index is 550. The van der Waals surface area contributed by atoms with E-state index in [1.807, 2.05) is 18.2 Å². The fraction of sp³-hybridized carbons (Fsp3) is 0.200. The minimum atomic E-state index is 0.295. The van der Waals surface area contributed by atoms with Crippen molar-refractivity contribution in [2.24, 2.45) is 0 Å². The number of rotatable bonds is 2. The zero-order chi connectivity index (χ0) is 12.4. The first kappa shape index (κ1) is 11.7. The Hall–Kier alpha value is -1.35. The van der Waals surface area contributed by atoms with Gasteiger partial charge in [-0.15, -0.1) is 0 Å². The van der Waals surface area contributed by atoms with Crippen LogP contribution in [-0.2, 0) is 4.84 Å². The molecule has 92 valence electrons. The van der Waals surface area contributed by atoms with Crippen LogP contribution in [-0.4, -0.2) is 6.61 Å². The van der Waals surface area contributed by atoms with E-state index in [4.69, 9.17) is 16.4 Å². The molecule has 1 aliphatic heterocycles. The van der Waals surface area contributed by atoms with Crippen LogP contribution in [0.25, 0.3) is 11.1 Å². The lowest BCUT2D eigenvalue weighted by atomic mass is 9.99. The molecule has 0 saturated carbocycles. The molecule has 0 spiro atoms. The van der Waals surface area contributed by atoms with E-state index in [1.165, 1.54) is 11.1 Å². The maximum Gasteiger partial charge on any atom is 0.0701 e. The molecule has 0 unspecified atom stereocenters. The topological polar surface area (TPSA) is 21.3 Å². The maximum atomic E-state index is 6.03. The van der Waals surface area contributed by atoms with Gasteiger partial charge in [0.05, 0.1) is 12.6 Å². The van der Waals surface area contributed by atoms with Gasteiger partial charge in [0.2, 0.25) is 0 Å². The zero-order valence-electron chi connectivity index (χ0n) is 9.90. The van der Waals surface area contributed by atoms with E-state index in [-0.39, 0.29) is 0 Å². The predicted molar refractivity (Wildman–Crippen MR) is 73.3 cm³/mol. The van der Waals surface area contributed by atoms with E-state index < -0.39 is 0 Å². The highest BCUT2D eigenvalue weighted by Gasteiger charge is 2.17. The van der Waals surface area contributed by atoms with Crippen molar-refractivity contribution in [2.45, 2.75) is 12.5 Å². The molecule has 0 amide bonds. The monoisotopic (exact) mass is 259 g/mol. The Balaban J connectivity index is 1.95. The lowest BCUT2D eigenvalue weighted by molar-refractivity contribution is 0.0883. The quantitative estimate of drug-likeness (QED) is 0.881. The van der Waals surface area contributed by atoms with Gasteiger partial charge >= 0.3 is 0 Å². The number of halogens is 1. The second kappa shape index (κ2) is 5.11. The van der Waals surface area contributed by atoms with Crippen LogP contribution in [0.15, 0.2) is 48.5 Å². The lowest BCUT2D eigenvalue weighted by Crippen LogP contribution is -2.11. The molecule has 1 fully saturated rings. The Kier molecular flexibility index (Phi) is 3.33. The maximum absolute atomic E-state index is 6.03. The molecule has 1 atom stereocenters. The van der Waals surface area contributed by atoms with Crippen LogP contribution in [0.5, 0.6) is 0 Å². The first-order valence-electron chi connectivity index (χ1n) is 6.06. The van der Waals surface area contributed by atoms with Crippen LogP contribution >= 0.6 is 11.6 Å². The first-order chi connectivity index (χ1) is 8.83. The van der Waals surface area contributed by atoms with Crippen molar-refractivity contribution in [1.29, 1.82) is 0 Å². The average molecular weight is 260 g/mol. The molecule has 18 heavy (non-hydrogen) atoms. The molecule has 0 bridgehead atoms. The van der Waals surface area contributed by atoms with Crippen molar-refractivity contribution in [3.8, 4) is 11.1 Å². The summed E-state index contributed by atoms with van der Waals surface area (Å²) >= 11 is 6.03. The molecule has 1 N–H and O–H groups in total. The second-order valence-electron chi connectivity index (χ2n) is 4.44. The van der Waals surface area contributed by atoms with Crippen molar-refractivity contribution >= 4 is 11.6 Å². The molecule has 2 aromatic rings. The summed E-state index contributed by atoms with van der Waals surface area (Å²) in [5.74, 6) is 0. The van der Waals surface area contributed by atoms with Crippen LogP contribution in [0.2, 0.25) is 5.02 Å². The smallest absolute Gasteiger partial charge is 0.0701 e. The third-order valence-electron chi connectivity index (χ3n) is 3.18. The second-order valence-corrected chi connectivity index (χ2v) is 4.88. The van der Waals surface area contributed by atoms with E-state index in [0.29, 0.717) is 6.04 Å². The Morgan fingerprint density at radius 2 is 1.83 bits per heavy atom. The largest absolute Gasteiger partial charge is 0.301 e. The summed E-state index contributed by atoms with van der Waals surface area (Å²) in [6.45, 7) is 0.770. The third-order valence-corrected chi connectivity index (χ3v) is 3.42. The van der Waals surface area contributed by atoms with Gasteiger partial charge in [0, 0.05) is 5.02 Å². The average Bonchev–Trinajstić information content (AvgIpc) is 2.93. The van der Waals surface area contributed by atoms with Crippen molar-refractivity contribution in [1.82, 2.24) is 5.48 Å². The highest BCUT2D eigenvalue weighted by Crippen LogP contribution is 2.27. The summed E-state index contributed by atoms with van der Waals surface area (Å²) in [6.07, 6.45) is 1.01. The summed E-state index contributed by atoms with van der Waals surface area (Å²) < 4.78 is 0. The molecule has 3 rings (SSSR count). The molecule has 0 aromatic heterocycles. The van der Waals surface area contributed by atoms with Gasteiger partial charge in [-0.2, -0.15) is 5.48 Å². The Morgan fingerprint density at radius 3 is 2.56 bits per heavy atom. The molecule has 0 radical (unpaired) electrons. The van der Waals surface area contributed by atoms with Gasteiger partial charge in [-0.1, -0.05) is 41.9 Å². The van der Waals surface area contributed by atoms with Crippen molar-refractivity contribution in [2.75, 3.05) is 6.61 Å². The molecule has 1 aliphatic rings. The molecule has 2 nitrogen and oxygen atoms in total. The number of hydrogen-bond donors (Lipinski definition) is 1. The van der Waals surface area contributed by atoms with Crippen molar-refractivity contribution in [3.63, 3.8) is 0 Å². The van der Waals surface area contributed by atoms with E-state index in [0.717, 1.165) is 23.6 Å². The summed E-state index contributed by atoms with van der Waals surface area (Å²) in [5, 5.41) is 0.764. The number of nitrogens with one attached hydrogen (secondary N) is 1. The van der Waals surface area contributed by atoms with Gasteiger partial charge in [0.25, 0.3) is 0 Å². The van der Waals surface area contributed by atoms with Crippen LogP contribution < -0.4 is 5.48 Å². The van der Waals surface area contributed by atoms with E-state index in [2.05, 4.69) is 35.8 Å². The molecular weight excluding hydrogens is 246 g/mol. The Morgan fingerprint density at radius 1 is 1.06 bits per heavy atom. The first-order valence-corrected chi connectivity index (χ1v) is 6.44. The molecule has 3 heteroatoms. The van der Waals surface area contributed by atoms with E-state index in [9.17, 15) is 0 Å². The van der Waals surface area contributed by atoms with Crippen molar-refractivity contribution < 1.29 is 4.84 Å². The number of benzene rings is 2. The van der Waals surface area contributed by atoms with Gasteiger partial charge in [0.15, 0.2) is 0 Å². The van der Waals surface area contributed by atoms with Crippen LogP contribution in [0.1, 0.15) is 18.0 Å². The van der Waals surface area contributed by atoms with Crippen LogP contribution in [0, 0.1) is 0 Å². The summed E-state index contributed by atoms with van der Waals surface area (Å²) in [5.41, 5.74) is 6.62. The predicted octanol–water partition coefficient (Wildman–Crippen LogP) is 3.97. The minimum Gasteiger partial charge on any atom is -0.301 e. The number of hydrogen-bond acceptors (Lipinski definition) is 2. The van der Waals surface area contributed by atoms with Crippen LogP contribution in [0.4, 0.5) is 0 Å². The fourth-order valence-electron chi connectivity index (χ4n) is 2.23. The molecular formula is C15H14ClNO. The van der Waals surface area contributed by atoms with Gasteiger partial charge < -0.3 is 4.84 Å². The summed E-state index contributed by atoms with van der Waals surface area (Å²) in [6, 6.07) is 16.7.